The van der Waals surface area contributed by atoms with E-state index < -0.39 is 24.0 Å². The number of fused-ring (bicyclic) bond motifs is 1. The molecule has 0 radical (unpaired) electrons. The third-order valence-electron chi connectivity index (χ3n) is 5.17. The van der Waals surface area contributed by atoms with Crippen LogP contribution >= 0.6 is 0 Å². The number of allylic oxidation sites excluding steroid dienone is 2. The zero-order chi connectivity index (χ0) is 16.5. The van der Waals surface area contributed by atoms with Crippen molar-refractivity contribution in [2.45, 2.75) is 58.5 Å². The van der Waals surface area contributed by atoms with Gasteiger partial charge < -0.3 is 14.9 Å². The van der Waals surface area contributed by atoms with Crippen molar-refractivity contribution in [1.82, 2.24) is 0 Å². The van der Waals surface area contributed by atoms with E-state index in [1.54, 1.807) is 0 Å². The Balaban J connectivity index is 2.15. The summed E-state index contributed by atoms with van der Waals surface area (Å²) in [7, 11) is 0. The average molecular weight is 310 g/mol. The van der Waals surface area contributed by atoms with Gasteiger partial charge in [0.25, 0.3) is 0 Å². The molecule has 2 N–H and O–H groups in total. The second-order valence-electron chi connectivity index (χ2n) is 7.27. The lowest BCUT2D eigenvalue weighted by molar-refractivity contribution is -0.149. The molecule has 22 heavy (non-hydrogen) atoms. The highest BCUT2D eigenvalue weighted by Gasteiger charge is 2.44. The number of carbonyl (C=O) groups is 2. The van der Waals surface area contributed by atoms with Gasteiger partial charge in [0.1, 0.15) is 12.2 Å². The summed E-state index contributed by atoms with van der Waals surface area (Å²) in [6.07, 6.45) is 5.00. The Morgan fingerprint density at radius 2 is 2.00 bits per heavy atom. The molecule has 124 valence electrons. The van der Waals surface area contributed by atoms with E-state index in [2.05, 4.69) is 6.92 Å². The predicted octanol–water partition coefficient (Wildman–Crippen LogP) is 2.73. The van der Waals surface area contributed by atoms with E-state index in [1.807, 2.05) is 19.9 Å². The maximum Gasteiger partial charge on any atom is 0.322 e. The quantitative estimate of drug-likeness (QED) is 0.616. The van der Waals surface area contributed by atoms with Crippen molar-refractivity contribution in [2.75, 3.05) is 0 Å². The highest BCUT2D eigenvalue weighted by atomic mass is 16.5. The molecule has 2 aliphatic carbocycles. The van der Waals surface area contributed by atoms with Gasteiger partial charge in [0.05, 0.1) is 5.60 Å². The van der Waals surface area contributed by atoms with Crippen LogP contribution in [0.25, 0.3) is 0 Å². The van der Waals surface area contributed by atoms with Crippen LogP contribution in [-0.2, 0) is 14.3 Å². The molecule has 0 aromatic carbocycles. The average Bonchev–Trinajstić information content (AvgIpc) is 2.36. The van der Waals surface area contributed by atoms with Gasteiger partial charge in [-0.3, -0.25) is 9.59 Å². The molecular formula is C17H26O5. The molecule has 4 atom stereocenters. The van der Waals surface area contributed by atoms with Gasteiger partial charge in [-0.1, -0.05) is 13.3 Å². The summed E-state index contributed by atoms with van der Waals surface area (Å²) in [5.74, 6) is 0.0761. The Hall–Kier alpha value is -1.36. The minimum absolute atomic E-state index is 0.141. The van der Waals surface area contributed by atoms with Crippen LogP contribution in [-0.4, -0.2) is 27.8 Å². The molecule has 0 spiro atoms. The molecule has 1 saturated carbocycles. The lowest BCUT2D eigenvalue weighted by Crippen LogP contribution is -2.44. The summed E-state index contributed by atoms with van der Waals surface area (Å²) >= 11 is 0. The Morgan fingerprint density at radius 3 is 2.59 bits per heavy atom. The summed E-state index contributed by atoms with van der Waals surface area (Å²) in [4.78, 5) is 22.1. The molecule has 0 aromatic heterocycles. The molecule has 1 fully saturated rings. The molecule has 2 aliphatic rings. The van der Waals surface area contributed by atoms with Crippen molar-refractivity contribution in [2.24, 2.45) is 23.7 Å². The molecule has 4 unspecified atom stereocenters. The molecule has 0 saturated heterocycles. The number of hydrogen-bond donors (Lipinski definition) is 2. The number of aliphatic hydroxyl groups is 1. The van der Waals surface area contributed by atoms with Crippen molar-refractivity contribution in [1.29, 1.82) is 0 Å². The second kappa shape index (κ2) is 6.41. The molecule has 0 aliphatic heterocycles. The number of aliphatic carboxylic acids is 1. The fourth-order valence-corrected chi connectivity index (χ4v) is 4.07. The third kappa shape index (κ3) is 3.88. The van der Waals surface area contributed by atoms with E-state index in [4.69, 9.17) is 9.84 Å². The monoisotopic (exact) mass is 310 g/mol. The van der Waals surface area contributed by atoms with Gasteiger partial charge in [-0.25, -0.2) is 0 Å². The Labute approximate surface area is 131 Å². The molecule has 0 aromatic rings. The fraction of sp³-hybridized carbons (Fsp3) is 0.765. The smallest absolute Gasteiger partial charge is 0.322 e. The van der Waals surface area contributed by atoms with Crippen molar-refractivity contribution in [3.63, 3.8) is 0 Å². The van der Waals surface area contributed by atoms with Gasteiger partial charge in [0.15, 0.2) is 0 Å². The van der Waals surface area contributed by atoms with Crippen LogP contribution in [0.3, 0.4) is 0 Å². The Bertz CT molecular complexity index is 474. The summed E-state index contributed by atoms with van der Waals surface area (Å²) in [6, 6.07) is 0. The van der Waals surface area contributed by atoms with Crippen molar-refractivity contribution >= 4 is 11.9 Å². The normalized spacial score (nSPS) is 31.9. The van der Waals surface area contributed by atoms with E-state index in [9.17, 15) is 14.7 Å². The van der Waals surface area contributed by atoms with Crippen molar-refractivity contribution in [3.05, 3.63) is 11.8 Å². The van der Waals surface area contributed by atoms with Crippen LogP contribution in [0.4, 0.5) is 0 Å². The van der Waals surface area contributed by atoms with E-state index in [-0.39, 0.29) is 11.8 Å². The highest BCUT2D eigenvalue weighted by molar-refractivity contribution is 5.90. The zero-order valence-corrected chi connectivity index (χ0v) is 13.5. The first-order chi connectivity index (χ1) is 10.2. The van der Waals surface area contributed by atoms with Crippen LogP contribution < -0.4 is 0 Å². The van der Waals surface area contributed by atoms with Crippen molar-refractivity contribution < 1.29 is 24.5 Å². The van der Waals surface area contributed by atoms with E-state index in [0.717, 1.165) is 19.3 Å². The number of rotatable bonds is 4. The second-order valence-corrected chi connectivity index (χ2v) is 7.27. The first-order valence-electron chi connectivity index (χ1n) is 8.04. The maximum atomic E-state index is 11.5. The van der Waals surface area contributed by atoms with Gasteiger partial charge in [-0.15, -0.1) is 0 Å². The molecule has 5 heteroatoms. The Morgan fingerprint density at radius 1 is 1.32 bits per heavy atom. The van der Waals surface area contributed by atoms with E-state index >= 15 is 0 Å². The SMILES string of the molecule is CC1CCC(C(C)(C)O)C2C=C(OC(=O)CC(=O)O)CCC12. The minimum Gasteiger partial charge on any atom is -0.481 e. The summed E-state index contributed by atoms with van der Waals surface area (Å²) in [6.45, 7) is 5.92. The molecular weight excluding hydrogens is 284 g/mol. The lowest BCUT2D eigenvalue weighted by atomic mass is 9.60. The standard InChI is InChI=1S/C17H26O5/c1-10-4-7-14(17(2,3)21)13-8-11(5-6-12(10)13)22-16(20)9-15(18)19/h8,10,12-14,21H,4-7,9H2,1-3H3,(H,18,19). The first kappa shape index (κ1) is 17.0. The third-order valence-corrected chi connectivity index (χ3v) is 5.17. The Kier molecular flexibility index (Phi) is 4.95. The number of ether oxygens (including phenoxy) is 1. The number of carboxylic acid groups (broad SMARTS) is 1. The van der Waals surface area contributed by atoms with Gasteiger partial charge >= 0.3 is 11.9 Å². The van der Waals surface area contributed by atoms with Crippen molar-refractivity contribution in [3.8, 4) is 0 Å². The minimum atomic E-state index is -1.18. The molecule has 5 nitrogen and oxygen atoms in total. The van der Waals surface area contributed by atoms with Gasteiger partial charge in [0, 0.05) is 6.42 Å². The van der Waals surface area contributed by atoms with Crippen LogP contribution in [0.15, 0.2) is 11.8 Å². The largest absolute Gasteiger partial charge is 0.481 e. The number of carbonyl (C=O) groups excluding carboxylic acids is 1. The highest BCUT2D eigenvalue weighted by Crippen LogP contribution is 2.49. The van der Waals surface area contributed by atoms with Crippen LogP contribution in [0, 0.1) is 23.7 Å². The summed E-state index contributed by atoms with van der Waals surface area (Å²) in [5.41, 5.74) is -0.771. The number of esters is 1. The summed E-state index contributed by atoms with van der Waals surface area (Å²) < 4.78 is 5.21. The molecule has 0 bridgehead atoms. The predicted molar refractivity (Wildman–Crippen MR) is 80.8 cm³/mol. The first-order valence-corrected chi connectivity index (χ1v) is 8.04. The lowest BCUT2D eigenvalue weighted by Gasteiger charge is -2.47. The summed E-state index contributed by atoms with van der Waals surface area (Å²) in [5, 5.41) is 19.1. The fourth-order valence-electron chi connectivity index (χ4n) is 4.07. The number of carboxylic acids is 1. The zero-order valence-electron chi connectivity index (χ0n) is 13.5. The maximum absolute atomic E-state index is 11.5. The molecule has 0 heterocycles. The topological polar surface area (TPSA) is 83.8 Å². The van der Waals surface area contributed by atoms with E-state index in [1.165, 1.54) is 0 Å². The van der Waals surface area contributed by atoms with E-state index in [0.29, 0.717) is 24.0 Å². The molecule has 2 rings (SSSR count). The van der Waals surface area contributed by atoms with Gasteiger partial charge in [-0.2, -0.15) is 0 Å². The molecule has 0 amide bonds. The van der Waals surface area contributed by atoms with Crippen LogP contribution in [0.2, 0.25) is 0 Å². The van der Waals surface area contributed by atoms with Crippen LogP contribution in [0.1, 0.15) is 52.9 Å². The number of hydrogen-bond acceptors (Lipinski definition) is 4. The van der Waals surface area contributed by atoms with Gasteiger partial charge in [-0.05, 0) is 56.4 Å². The van der Waals surface area contributed by atoms with Gasteiger partial charge in [0.2, 0.25) is 0 Å². The van der Waals surface area contributed by atoms with Crippen LogP contribution in [0.5, 0.6) is 0 Å².